The molecule has 3 nitrogen and oxygen atoms in total. The Balaban J connectivity index is 2.24. The summed E-state index contributed by atoms with van der Waals surface area (Å²) in [6.45, 7) is 10.7. The van der Waals surface area contributed by atoms with E-state index in [4.69, 9.17) is 4.74 Å². The molecule has 0 saturated carbocycles. The van der Waals surface area contributed by atoms with E-state index >= 15 is 0 Å². The minimum atomic E-state index is 0.273. The molecule has 0 aliphatic carbocycles. The summed E-state index contributed by atoms with van der Waals surface area (Å²) in [4.78, 5) is 2.48. The van der Waals surface area contributed by atoms with Crippen LogP contribution in [0, 0.1) is 5.92 Å². The van der Waals surface area contributed by atoms with Crippen LogP contribution in [-0.4, -0.2) is 29.2 Å². The van der Waals surface area contributed by atoms with Gasteiger partial charge >= 0.3 is 0 Å². The number of phenols is 1. The van der Waals surface area contributed by atoms with E-state index in [0.29, 0.717) is 24.6 Å². The van der Waals surface area contributed by atoms with Gasteiger partial charge in [0.1, 0.15) is 18.1 Å². The number of hydrogen-bond acceptors (Lipinski definition) is 3. The summed E-state index contributed by atoms with van der Waals surface area (Å²) in [5, 5.41) is 9.48. The molecular weight excluding hydrogens is 226 g/mol. The molecule has 0 spiro atoms. The van der Waals surface area contributed by atoms with Gasteiger partial charge in [-0.1, -0.05) is 13.8 Å². The number of nitrogens with zero attached hydrogens (tertiary/aromatic N) is 1. The summed E-state index contributed by atoms with van der Waals surface area (Å²) >= 11 is 0. The molecule has 0 radical (unpaired) electrons. The molecule has 1 heterocycles. The van der Waals surface area contributed by atoms with Gasteiger partial charge in [-0.05, 0) is 31.9 Å². The number of phenolic OH excluding ortho intramolecular Hbond substituents is 1. The van der Waals surface area contributed by atoms with Crippen LogP contribution in [0.3, 0.4) is 0 Å². The Morgan fingerprint density at radius 1 is 1.33 bits per heavy atom. The monoisotopic (exact) mass is 249 g/mol. The maximum Gasteiger partial charge on any atom is 0.127 e. The van der Waals surface area contributed by atoms with Gasteiger partial charge in [-0.25, -0.2) is 0 Å². The van der Waals surface area contributed by atoms with Crippen molar-refractivity contribution < 1.29 is 9.84 Å². The Kier molecular flexibility index (Phi) is 3.81. The number of ether oxygens (including phenoxy) is 1. The number of aromatic hydroxyl groups is 1. The van der Waals surface area contributed by atoms with Crippen LogP contribution in [0.4, 0.5) is 0 Å². The van der Waals surface area contributed by atoms with Crippen molar-refractivity contribution >= 4 is 0 Å². The summed E-state index contributed by atoms with van der Waals surface area (Å²) < 4.78 is 5.70. The standard InChI is InChI=1S/C15H23NO2/c1-10(2)8-16(11(3)4)14-9-18-15-7-12(17)5-6-13(14)15/h5-7,10-11,14,17H,8-9H2,1-4H3. The summed E-state index contributed by atoms with van der Waals surface area (Å²) in [5.74, 6) is 1.73. The van der Waals surface area contributed by atoms with Crippen LogP contribution in [-0.2, 0) is 0 Å². The molecule has 1 aliphatic heterocycles. The molecule has 1 atom stereocenters. The van der Waals surface area contributed by atoms with Gasteiger partial charge in [0, 0.05) is 24.2 Å². The zero-order valence-electron chi connectivity index (χ0n) is 11.7. The van der Waals surface area contributed by atoms with Crippen molar-refractivity contribution in [2.75, 3.05) is 13.2 Å². The topological polar surface area (TPSA) is 32.7 Å². The molecule has 3 heteroatoms. The largest absolute Gasteiger partial charge is 0.508 e. The van der Waals surface area contributed by atoms with Crippen molar-refractivity contribution in [1.29, 1.82) is 0 Å². The molecule has 0 aromatic heterocycles. The second kappa shape index (κ2) is 5.19. The van der Waals surface area contributed by atoms with Crippen molar-refractivity contribution in [3.8, 4) is 11.5 Å². The molecular formula is C15H23NO2. The number of hydrogen-bond donors (Lipinski definition) is 1. The molecule has 0 saturated heterocycles. The smallest absolute Gasteiger partial charge is 0.127 e. The molecule has 0 amide bonds. The van der Waals surface area contributed by atoms with Crippen LogP contribution in [0.2, 0.25) is 0 Å². The minimum Gasteiger partial charge on any atom is -0.508 e. The van der Waals surface area contributed by atoms with E-state index in [1.807, 2.05) is 6.07 Å². The zero-order chi connectivity index (χ0) is 13.3. The van der Waals surface area contributed by atoms with E-state index in [-0.39, 0.29) is 5.75 Å². The van der Waals surface area contributed by atoms with Crippen molar-refractivity contribution in [2.24, 2.45) is 5.92 Å². The van der Waals surface area contributed by atoms with E-state index in [9.17, 15) is 5.11 Å². The number of fused-ring (bicyclic) bond motifs is 1. The van der Waals surface area contributed by atoms with Gasteiger partial charge in [0.25, 0.3) is 0 Å². The van der Waals surface area contributed by atoms with Crippen molar-refractivity contribution in [2.45, 2.75) is 39.8 Å². The highest BCUT2D eigenvalue weighted by Crippen LogP contribution is 2.39. The maximum absolute atomic E-state index is 9.48. The van der Waals surface area contributed by atoms with Crippen LogP contribution in [0.15, 0.2) is 18.2 Å². The molecule has 0 bridgehead atoms. The van der Waals surface area contributed by atoms with E-state index in [1.165, 1.54) is 5.56 Å². The molecule has 1 unspecified atom stereocenters. The van der Waals surface area contributed by atoms with Gasteiger partial charge in [-0.3, -0.25) is 4.90 Å². The fraction of sp³-hybridized carbons (Fsp3) is 0.600. The SMILES string of the molecule is CC(C)CN(C(C)C)C1COc2cc(O)ccc21. The quantitative estimate of drug-likeness (QED) is 0.889. The Hall–Kier alpha value is -1.22. The number of rotatable bonds is 4. The third-order valence-electron chi connectivity index (χ3n) is 3.39. The molecule has 1 aromatic rings. The fourth-order valence-corrected chi connectivity index (χ4v) is 2.58. The maximum atomic E-state index is 9.48. The second-order valence-electron chi connectivity index (χ2n) is 5.73. The summed E-state index contributed by atoms with van der Waals surface area (Å²) in [6, 6.07) is 6.24. The average molecular weight is 249 g/mol. The van der Waals surface area contributed by atoms with Crippen LogP contribution >= 0.6 is 0 Å². The van der Waals surface area contributed by atoms with Crippen LogP contribution < -0.4 is 4.74 Å². The average Bonchev–Trinajstić information content (AvgIpc) is 2.67. The number of benzene rings is 1. The van der Waals surface area contributed by atoms with Gasteiger partial charge < -0.3 is 9.84 Å². The first kappa shape index (κ1) is 13.2. The van der Waals surface area contributed by atoms with Gasteiger partial charge in [-0.2, -0.15) is 0 Å². The van der Waals surface area contributed by atoms with Crippen LogP contribution in [0.5, 0.6) is 11.5 Å². The molecule has 1 N–H and O–H groups in total. The van der Waals surface area contributed by atoms with Gasteiger partial charge in [-0.15, -0.1) is 0 Å². The van der Waals surface area contributed by atoms with E-state index < -0.39 is 0 Å². The van der Waals surface area contributed by atoms with E-state index in [2.05, 4.69) is 32.6 Å². The third-order valence-corrected chi connectivity index (χ3v) is 3.39. The minimum absolute atomic E-state index is 0.273. The summed E-state index contributed by atoms with van der Waals surface area (Å²) in [5.41, 5.74) is 1.20. The lowest BCUT2D eigenvalue weighted by atomic mass is 10.0. The van der Waals surface area contributed by atoms with Gasteiger partial charge in [0.2, 0.25) is 0 Å². The van der Waals surface area contributed by atoms with Crippen molar-refractivity contribution in [3.63, 3.8) is 0 Å². The summed E-state index contributed by atoms with van der Waals surface area (Å²) in [6.07, 6.45) is 0. The molecule has 0 fully saturated rings. The fourth-order valence-electron chi connectivity index (χ4n) is 2.58. The Labute approximate surface area is 109 Å². The van der Waals surface area contributed by atoms with Crippen LogP contribution in [0.1, 0.15) is 39.3 Å². The highest BCUT2D eigenvalue weighted by atomic mass is 16.5. The predicted molar refractivity (Wildman–Crippen MR) is 73.0 cm³/mol. The molecule has 1 aromatic carbocycles. The molecule has 1 aliphatic rings. The first-order valence-corrected chi connectivity index (χ1v) is 6.70. The van der Waals surface area contributed by atoms with Crippen LogP contribution in [0.25, 0.3) is 0 Å². The zero-order valence-corrected chi connectivity index (χ0v) is 11.7. The van der Waals surface area contributed by atoms with Crippen molar-refractivity contribution in [3.05, 3.63) is 23.8 Å². The molecule has 100 valence electrons. The highest BCUT2D eigenvalue weighted by Gasteiger charge is 2.31. The molecule has 18 heavy (non-hydrogen) atoms. The van der Waals surface area contributed by atoms with Crippen molar-refractivity contribution in [1.82, 2.24) is 4.90 Å². The predicted octanol–water partition coefficient (Wildman–Crippen LogP) is 3.19. The van der Waals surface area contributed by atoms with E-state index in [0.717, 1.165) is 12.3 Å². The highest BCUT2D eigenvalue weighted by molar-refractivity contribution is 5.44. The Bertz CT molecular complexity index is 415. The first-order valence-electron chi connectivity index (χ1n) is 6.70. The summed E-state index contributed by atoms with van der Waals surface area (Å²) in [7, 11) is 0. The third kappa shape index (κ3) is 2.61. The Morgan fingerprint density at radius 2 is 2.06 bits per heavy atom. The first-order chi connectivity index (χ1) is 8.49. The normalized spacial score (nSPS) is 18.5. The second-order valence-corrected chi connectivity index (χ2v) is 5.73. The lowest BCUT2D eigenvalue weighted by Gasteiger charge is -2.33. The lowest BCUT2D eigenvalue weighted by molar-refractivity contribution is 0.114. The Morgan fingerprint density at radius 3 is 2.67 bits per heavy atom. The van der Waals surface area contributed by atoms with Gasteiger partial charge in [0.15, 0.2) is 0 Å². The molecule has 2 rings (SSSR count). The van der Waals surface area contributed by atoms with E-state index in [1.54, 1.807) is 12.1 Å². The van der Waals surface area contributed by atoms with Gasteiger partial charge in [0.05, 0.1) is 6.04 Å². The lowest BCUT2D eigenvalue weighted by Crippen LogP contribution is -2.38.